The molecule has 0 spiro atoms. The third-order valence-corrected chi connectivity index (χ3v) is 7.17. The lowest BCUT2D eigenvalue weighted by molar-refractivity contribution is -0.138. The van der Waals surface area contributed by atoms with Crippen LogP contribution in [0.1, 0.15) is 16.7 Å². The van der Waals surface area contributed by atoms with Gasteiger partial charge >= 0.3 is 0 Å². The lowest BCUT2D eigenvalue weighted by Gasteiger charge is -2.37. The molecule has 0 aromatic heterocycles. The van der Waals surface area contributed by atoms with E-state index in [1.165, 1.54) is 0 Å². The zero-order valence-corrected chi connectivity index (χ0v) is 17.1. The molecule has 5 rings (SSSR count). The molecule has 148 valence electrons. The van der Waals surface area contributed by atoms with E-state index in [4.69, 9.17) is 14.2 Å². The van der Waals surface area contributed by atoms with Crippen LogP contribution in [0.5, 0.6) is 0 Å². The third kappa shape index (κ3) is 3.40. The van der Waals surface area contributed by atoms with Crippen LogP contribution in [0, 0.1) is 0 Å². The molecule has 29 heavy (non-hydrogen) atoms. The Morgan fingerprint density at radius 3 is 1.66 bits per heavy atom. The number of hydrogen-bond donors (Lipinski definition) is 0. The van der Waals surface area contributed by atoms with Gasteiger partial charge in [-0.3, -0.25) is 0 Å². The normalized spacial score (nSPS) is 25.6. The minimum Gasteiger partial charge on any atom is -0.358 e. The molecule has 4 heteroatoms. The van der Waals surface area contributed by atoms with Crippen LogP contribution in [-0.2, 0) is 19.8 Å². The van der Waals surface area contributed by atoms with Crippen LogP contribution in [0.2, 0.25) is 0 Å². The molecule has 2 heterocycles. The van der Waals surface area contributed by atoms with E-state index in [2.05, 4.69) is 72.8 Å². The van der Waals surface area contributed by atoms with Crippen molar-refractivity contribution in [1.29, 1.82) is 0 Å². The third-order valence-electron chi connectivity index (χ3n) is 5.74. The first-order valence-electron chi connectivity index (χ1n) is 9.97. The number of ether oxygens (including phenoxy) is 3. The Kier molecular flexibility index (Phi) is 5.18. The summed E-state index contributed by atoms with van der Waals surface area (Å²) in [5.74, 6) is 0. The number of methoxy groups -OCH3 is 1. The van der Waals surface area contributed by atoms with Crippen LogP contribution in [-0.4, -0.2) is 36.6 Å². The maximum Gasteiger partial charge on any atom is 0.170 e. The lowest BCUT2D eigenvalue weighted by Crippen LogP contribution is -2.37. The average molecular weight is 405 g/mol. The number of benzene rings is 3. The summed E-state index contributed by atoms with van der Waals surface area (Å²) in [6.07, 6.45) is -0.0939. The topological polar surface area (TPSA) is 27.7 Å². The van der Waals surface area contributed by atoms with Crippen molar-refractivity contribution in [2.75, 3.05) is 13.7 Å². The summed E-state index contributed by atoms with van der Waals surface area (Å²) in [6.45, 7) is 0.507. The molecule has 2 fully saturated rings. The first-order chi connectivity index (χ1) is 14.3. The molecule has 0 bridgehead atoms. The van der Waals surface area contributed by atoms with Crippen LogP contribution >= 0.6 is 11.8 Å². The Balaban J connectivity index is 1.57. The van der Waals surface area contributed by atoms with Crippen molar-refractivity contribution in [3.05, 3.63) is 108 Å². The molecule has 0 saturated carbocycles. The van der Waals surface area contributed by atoms with Gasteiger partial charge in [-0.1, -0.05) is 91.0 Å². The highest BCUT2D eigenvalue weighted by Crippen LogP contribution is 2.54. The molecule has 3 nitrogen and oxygen atoms in total. The summed E-state index contributed by atoms with van der Waals surface area (Å²) in [7, 11) is 1.71. The maximum absolute atomic E-state index is 6.87. The summed E-state index contributed by atoms with van der Waals surface area (Å²) in [4.78, 5) is 0. The minimum absolute atomic E-state index is 0.0328. The number of rotatable bonds is 7. The van der Waals surface area contributed by atoms with Crippen molar-refractivity contribution < 1.29 is 14.2 Å². The second-order valence-corrected chi connectivity index (χ2v) is 8.80. The van der Waals surface area contributed by atoms with Gasteiger partial charge in [0.1, 0.15) is 5.60 Å². The average Bonchev–Trinajstić information content (AvgIpc) is 3.52. The molecule has 0 N–H and O–H groups in total. The predicted molar refractivity (Wildman–Crippen MR) is 116 cm³/mol. The fourth-order valence-corrected chi connectivity index (χ4v) is 5.48. The van der Waals surface area contributed by atoms with Crippen molar-refractivity contribution >= 4 is 11.8 Å². The van der Waals surface area contributed by atoms with E-state index < -0.39 is 5.60 Å². The monoisotopic (exact) mass is 404 g/mol. The van der Waals surface area contributed by atoms with E-state index in [0.717, 1.165) is 16.7 Å². The highest BCUT2D eigenvalue weighted by atomic mass is 32.2. The SMILES string of the molecule is CO[C@@H]1O[C@@H](COC(c2ccccc2)(c2ccccc2)c2ccccc2)[C@@H]2S[C@@H]12. The van der Waals surface area contributed by atoms with Gasteiger partial charge in [-0.2, -0.15) is 0 Å². The molecule has 3 aromatic rings. The molecule has 2 aliphatic heterocycles. The van der Waals surface area contributed by atoms with E-state index >= 15 is 0 Å². The molecule has 0 radical (unpaired) electrons. The van der Waals surface area contributed by atoms with E-state index in [1.807, 2.05) is 30.0 Å². The van der Waals surface area contributed by atoms with E-state index in [0.29, 0.717) is 17.1 Å². The van der Waals surface area contributed by atoms with Crippen LogP contribution in [0.15, 0.2) is 91.0 Å². The summed E-state index contributed by atoms with van der Waals surface area (Å²) in [5.41, 5.74) is 2.63. The fourth-order valence-electron chi connectivity index (χ4n) is 4.28. The summed E-state index contributed by atoms with van der Waals surface area (Å²) >= 11 is 1.93. The highest BCUT2D eigenvalue weighted by molar-refractivity contribution is 8.07. The summed E-state index contributed by atoms with van der Waals surface area (Å²) in [6, 6.07) is 31.4. The van der Waals surface area contributed by atoms with Gasteiger partial charge in [-0.05, 0) is 16.7 Å². The lowest BCUT2D eigenvalue weighted by atomic mass is 9.80. The second-order valence-electron chi connectivity index (χ2n) is 7.43. The van der Waals surface area contributed by atoms with Crippen molar-refractivity contribution in [2.24, 2.45) is 0 Å². The van der Waals surface area contributed by atoms with Gasteiger partial charge in [0, 0.05) is 7.11 Å². The van der Waals surface area contributed by atoms with Gasteiger partial charge in [0.15, 0.2) is 6.29 Å². The van der Waals surface area contributed by atoms with E-state index in [-0.39, 0.29) is 12.4 Å². The van der Waals surface area contributed by atoms with Crippen molar-refractivity contribution in [2.45, 2.75) is 28.5 Å². The molecule has 0 amide bonds. The van der Waals surface area contributed by atoms with Gasteiger partial charge in [0.2, 0.25) is 0 Å². The standard InChI is InChI=1S/C25H24O3S/c1-26-24-23-22(29-23)21(28-24)17-27-25(18-11-5-2-6-12-18,19-13-7-3-8-14-19)20-15-9-4-10-16-20/h2-16,21-24H,17H2,1H3/t21-,22-,23+,24+/m0/s1. The van der Waals surface area contributed by atoms with Crippen LogP contribution in [0.3, 0.4) is 0 Å². The molecule has 2 saturated heterocycles. The Bertz CT molecular complexity index is 835. The van der Waals surface area contributed by atoms with E-state index in [1.54, 1.807) is 7.11 Å². The number of hydrogen-bond acceptors (Lipinski definition) is 4. The Morgan fingerprint density at radius 2 is 1.24 bits per heavy atom. The van der Waals surface area contributed by atoms with Crippen molar-refractivity contribution in [3.8, 4) is 0 Å². The van der Waals surface area contributed by atoms with Crippen LogP contribution < -0.4 is 0 Å². The largest absolute Gasteiger partial charge is 0.358 e. The maximum atomic E-state index is 6.87. The Morgan fingerprint density at radius 1 is 0.759 bits per heavy atom. The number of fused-ring (bicyclic) bond motifs is 1. The summed E-state index contributed by atoms with van der Waals surface area (Å²) in [5, 5.41) is 0.896. The second kappa shape index (κ2) is 7.96. The molecule has 4 atom stereocenters. The predicted octanol–water partition coefficient (Wildman–Crippen LogP) is 4.85. The van der Waals surface area contributed by atoms with Gasteiger partial charge in [-0.25, -0.2) is 0 Å². The van der Waals surface area contributed by atoms with E-state index in [9.17, 15) is 0 Å². The number of thioether (sulfide) groups is 1. The summed E-state index contributed by atoms with van der Waals surface area (Å²) < 4.78 is 18.5. The van der Waals surface area contributed by atoms with Gasteiger partial charge < -0.3 is 14.2 Å². The fraction of sp³-hybridized carbons (Fsp3) is 0.280. The zero-order chi connectivity index (χ0) is 19.7. The molecule has 2 aliphatic rings. The zero-order valence-electron chi connectivity index (χ0n) is 16.3. The van der Waals surface area contributed by atoms with Gasteiger partial charge in [0.25, 0.3) is 0 Å². The Hall–Kier alpha value is -2.11. The molecular weight excluding hydrogens is 380 g/mol. The highest BCUT2D eigenvalue weighted by Gasteiger charge is 2.58. The molecular formula is C25H24O3S. The Labute approximate surface area is 176 Å². The van der Waals surface area contributed by atoms with Crippen molar-refractivity contribution in [1.82, 2.24) is 0 Å². The quantitative estimate of drug-likeness (QED) is 0.416. The first kappa shape index (κ1) is 18.9. The van der Waals surface area contributed by atoms with Crippen LogP contribution in [0.25, 0.3) is 0 Å². The molecule has 3 aromatic carbocycles. The molecule has 0 unspecified atom stereocenters. The molecule has 0 aliphatic carbocycles. The minimum atomic E-state index is -0.701. The van der Waals surface area contributed by atoms with Gasteiger partial charge in [-0.15, -0.1) is 11.8 Å². The smallest absolute Gasteiger partial charge is 0.170 e. The van der Waals surface area contributed by atoms with Crippen LogP contribution in [0.4, 0.5) is 0 Å². The van der Waals surface area contributed by atoms with Gasteiger partial charge in [0.05, 0.1) is 23.2 Å². The van der Waals surface area contributed by atoms with Crippen molar-refractivity contribution in [3.63, 3.8) is 0 Å². The first-order valence-corrected chi connectivity index (χ1v) is 10.9.